The van der Waals surface area contributed by atoms with E-state index in [0.29, 0.717) is 47.3 Å². The van der Waals surface area contributed by atoms with Crippen LogP contribution in [0.25, 0.3) is 11.0 Å². The number of rotatable bonds is 6. The normalized spacial score (nSPS) is 17.7. The Bertz CT molecular complexity index is 1420. The van der Waals surface area contributed by atoms with Gasteiger partial charge in [0.15, 0.2) is 11.2 Å². The minimum atomic E-state index is -0.859. The smallest absolute Gasteiger partial charge is 0.336 e. The van der Waals surface area contributed by atoms with E-state index in [1.807, 2.05) is 30.3 Å². The third-order valence-electron chi connectivity index (χ3n) is 6.34. The topological polar surface area (TPSA) is 94.8 Å². The first-order chi connectivity index (χ1) is 17.0. The van der Waals surface area contributed by atoms with E-state index < -0.39 is 11.9 Å². The molecular weight excluding hydrogens is 446 g/mol. The van der Waals surface area contributed by atoms with E-state index in [1.54, 1.807) is 31.2 Å². The first-order valence-electron chi connectivity index (χ1n) is 11.6. The summed E-state index contributed by atoms with van der Waals surface area (Å²) in [5, 5.41) is 3.62. The molecule has 1 aliphatic heterocycles. The summed E-state index contributed by atoms with van der Waals surface area (Å²) in [5.74, 6) is -0.870. The number of benzene rings is 2. The van der Waals surface area contributed by atoms with Gasteiger partial charge < -0.3 is 19.2 Å². The fourth-order valence-corrected chi connectivity index (χ4v) is 4.75. The van der Waals surface area contributed by atoms with Gasteiger partial charge in [0.25, 0.3) is 0 Å². The zero-order chi connectivity index (χ0) is 24.4. The summed E-state index contributed by atoms with van der Waals surface area (Å²) in [7, 11) is 0. The Hall–Kier alpha value is -4.13. The van der Waals surface area contributed by atoms with Crippen LogP contribution in [0.4, 0.5) is 0 Å². The van der Waals surface area contributed by atoms with Crippen molar-refractivity contribution in [3.05, 3.63) is 99.2 Å². The molecule has 5 rings (SSSR count). The molecule has 2 aromatic carbocycles. The van der Waals surface area contributed by atoms with Crippen LogP contribution < -0.4 is 15.5 Å². The number of esters is 1. The van der Waals surface area contributed by atoms with Crippen molar-refractivity contribution in [2.24, 2.45) is 0 Å². The van der Waals surface area contributed by atoms with Crippen LogP contribution in [0.1, 0.15) is 37.7 Å². The van der Waals surface area contributed by atoms with Crippen LogP contribution in [0.2, 0.25) is 0 Å². The molecule has 7 nitrogen and oxygen atoms in total. The van der Waals surface area contributed by atoms with E-state index in [0.717, 1.165) is 5.70 Å². The molecule has 0 fully saturated rings. The molecule has 0 unspecified atom stereocenters. The van der Waals surface area contributed by atoms with Crippen molar-refractivity contribution in [3.8, 4) is 5.75 Å². The summed E-state index contributed by atoms with van der Waals surface area (Å²) in [5.41, 5.74) is 2.42. The summed E-state index contributed by atoms with van der Waals surface area (Å²) in [6.07, 6.45) is 3.11. The molecule has 7 heteroatoms. The molecule has 0 amide bonds. The largest absolute Gasteiger partial charge is 0.490 e. The van der Waals surface area contributed by atoms with Crippen molar-refractivity contribution in [1.82, 2.24) is 5.32 Å². The fraction of sp³-hybridized carbons (Fsp3) is 0.250. The highest BCUT2D eigenvalue weighted by atomic mass is 16.6. The predicted molar refractivity (Wildman–Crippen MR) is 130 cm³/mol. The lowest BCUT2D eigenvalue weighted by Gasteiger charge is -2.33. The molecule has 35 heavy (non-hydrogen) atoms. The second kappa shape index (κ2) is 9.62. The molecule has 3 aromatic rings. The maximum absolute atomic E-state index is 13.5. The third-order valence-corrected chi connectivity index (χ3v) is 6.34. The Morgan fingerprint density at radius 1 is 1.03 bits per heavy atom. The van der Waals surface area contributed by atoms with E-state index in [-0.39, 0.29) is 35.6 Å². The minimum Gasteiger partial charge on any atom is -0.490 e. The number of carbonyl (C=O) groups excluding carboxylic acids is 2. The number of carbonyl (C=O) groups is 2. The monoisotopic (exact) mass is 471 g/mol. The van der Waals surface area contributed by atoms with Crippen LogP contribution in [0, 0.1) is 0 Å². The lowest BCUT2D eigenvalue weighted by Crippen LogP contribution is -2.36. The molecule has 2 aliphatic rings. The average molecular weight is 472 g/mol. The van der Waals surface area contributed by atoms with Gasteiger partial charge in [0.1, 0.15) is 24.5 Å². The van der Waals surface area contributed by atoms with Gasteiger partial charge in [-0.2, -0.15) is 0 Å². The van der Waals surface area contributed by atoms with Crippen LogP contribution in [0.15, 0.2) is 92.6 Å². The maximum Gasteiger partial charge on any atom is 0.336 e. The third kappa shape index (κ3) is 4.37. The van der Waals surface area contributed by atoms with E-state index in [1.165, 1.54) is 6.26 Å². The molecular formula is C28H25NO6. The summed E-state index contributed by atoms with van der Waals surface area (Å²) in [4.78, 5) is 39.9. The van der Waals surface area contributed by atoms with Crippen molar-refractivity contribution in [2.75, 3.05) is 13.2 Å². The number of para-hydroxylation sites is 2. The molecule has 0 radical (unpaired) electrons. The van der Waals surface area contributed by atoms with Crippen molar-refractivity contribution < 1.29 is 23.5 Å². The molecule has 1 N–H and O–H groups in total. The Morgan fingerprint density at radius 3 is 2.63 bits per heavy atom. The van der Waals surface area contributed by atoms with Crippen molar-refractivity contribution >= 4 is 22.7 Å². The summed E-state index contributed by atoms with van der Waals surface area (Å²) in [6.45, 7) is 1.95. The predicted octanol–water partition coefficient (Wildman–Crippen LogP) is 4.38. The van der Waals surface area contributed by atoms with Crippen LogP contribution in [0.3, 0.4) is 0 Å². The van der Waals surface area contributed by atoms with Crippen molar-refractivity contribution in [3.63, 3.8) is 0 Å². The molecule has 0 saturated carbocycles. The fourth-order valence-electron chi connectivity index (χ4n) is 4.75. The van der Waals surface area contributed by atoms with Gasteiger partial charge in [0.05, 0.1) is 23.1 Å². The van der Waals surface area contributed by atoms with Gasteiger partial charge in [-0.15, -0.1) is 0 Å². The van der Waals surface area contributed by atoms with E-state index in [9.17, 15) is 14.4 Å². The van der Waals surface area contributed by atoms with Crippen molar-refractivity contribution in [2.45, 2.75) is 32.1 Å². The minimum absolute atomic E-state index is 0.0173. The summed E-state index contributed by atoms with van der Waals surface area (Å²) in [6, 6.07) is 16.2. The molecule has 178 valence electrons. The van der Waals surface area contributed by atoms with Crippen LogP contribution >= 0.6 is 0 Å². The Kier molecular flexibility index (Phi) is 6.23. The highest BCUT2D eigenvalue weighted by molar-refractivity contribution is 6.04. The second-order valence-electron chi connectivity index (χ2n) is 8.58. The first-order valence-corrected chi connectivity index (χ1v) is 11.6. The van der Waals surface area contributed by atoms with Gasteiger partial charge in [-0.3, -0.25) is 9.59 Å². The Labute approximate surface area is 202 Å². The standard InChI is InChI=1S/C28H25NO6/c1-17-24(28(32)34-15-14-33-18-8-3-2-4-9-18)25(26-21(29-17)11-7-12-22(26)30)20-16-35-23-13-6-5-10-19(23)27(20)31/h2-6,8-10,13,16,25,29H,7,11-12,14-15H2,1H3/t25-/m0/s1. The molecule has 1 aromatic heterocycles. The van der Waals surface area contributed by atoms with Crippen LogP contribution in [0.5, 0.6) is 5.75 Å². The lowest BCUT2D eigenvalue weighted by molar-refractivity contribution is -0.140. The number of hydrogen-bond acceptors (Lipinski definition) is 7. The lowest BCUT2D eigenvalue weighted by atomic mass is 9.75. The first kappa shape index (κ1) is 22.7. The Morgan fingerprint density at radius 2 is 1.80 bits per heavy atom. The quantitative estimate of drug-likeness (QED) is 0.421. The molecule has 0 bridgehead atoms. The highest BCUT2D eigenvalue weighted by Crippen LogP contribution is 2.41. The molecule has 2 heterocycles. The number of ether oxygens (including phenoxy) is 2. The van der Waals surface area contributed by atoms with Gasteiger partial charge in [0, 0.05) is 29.0 Å². The number of Topliss-reactive ketones (excluding diaryl/α,β-unsaturated/α-hetero) is 1. The van der Waals surface area contributed by atoms with Gasteiger partial charge in [-0.1, -0.05) is 30.3 Å². The zero-order valence-corrected chi connectivity index (χ0v) is 19.3. The number of fused-ring (bicyclic) bond motifs is 1. The average Bonchev–Trinajstić information content (AvgIpc) is 2.87. The maximum atomic E-state index is 13.5. The van der Waals surface area contributed by atoms with Crippen LogP contribution in [-0.4, -0.2) is 25.0 Å². The summed E-state index contributed by atoms with van der Waals surface area (Å²) >= 11 is 0. The van der Waals surface area contributed by atoms with E-state index in [2.05, 4.69) is 5.32 Å². The second-order valence-corrected chi connectivity index (χ2v) is 8.58. The molecule has 0 spiro atoms. The summed E-state index contributed by atoms with van der Waals surface area (Å²) < 4.78 is 16.9. The van der Waals surface area contributed by atoms with Gasteiger partial charge in [-0.25, -0.2) is 4.79 Å². The van der Waals surface area contributed by atoms with Gasteiger partial charge in [-0.05, 0) is 44.0 Å². The zero-order valence-electron chi connectivity index (χ0n) is 19.3. The number of hydrogen-bond donors (Lipinski definition) is 1. The van der Waals surface area contributed by atoms with Gasteiger partial charge in [0.2, 0.25) is 0 Å². The number of nitrogens with one attached hydrogen (secondary N) is 1. The number of allylic oxidation sites excluding steroid dienone is 3. The molecule has 1 atom stereocenters. The number of ketones is 1. The van der Waals surface area contributed by atoms with E-state index in [4.69, 9.17) is 13.9 Å². The SMILES string of the molecule is CC1=C(C(=O)OCCOc2ccccc2)[C@H](c2coc3ccccc3c2=O)C2=C(CCCC2=O)N1. The van der Waals surface area contributed by atoms with Crippen LogP contribution in [-0.2, 0) is 14.3 Å². The Balaban J connectivity index is 1.48. The highest BCUT2D eigenvalue weighted by Gasteiger charge is 2.40. The molecule has 0 saturated heterocycles. The van der Waals surface area contributed by atoms with E-state index >= 15 is 0 Å². The van der Waals surface area contributed by atoms with Crippen molar-refractivity contribution in [1.29, 1.82) is 0 Å². The number of dihydropyridines is 1. The van der Waals surface area contributed by atoms with Gasteiger partial charge >= 0.3 is 5.97 Å². The molecule has 1 aliphatic carbocycles.